The number of fused-ring (bicyclic) bond motifs is 5. The van der Waals surface area contributed by atoms with Gasteiger partial charge in [-0.1, -0.05) is 174 Å². The van der Waals surface area contributed by atoms with E-state index in [-0.39, 0.29) is 34.6 Å². The van der Waals surface area contributed by atoms with E-state index in [9.17, 15) is 32.8 Å². The predicted molar refractivity (Wildman–Crippen MR) is 581 cm³/mol. The number of ether oxygens (including phenoxy) is 1. The molecule has 147 heavy (non-hydrogen) atoms. The van der Waals surface area contributed by atoms with Crippen molar-refractivity contribution in [2.75, 3.05) is 39.8 Å². The summed E-state index contributed by atoms with van der Waals surface area (Å²) in [4.78, 5) is 122. The Hall–Kier alpha value is -13.5. The van der Waals surface area contributed by atoms with Crippen LogP contribution in [0.25, 0.3) is 61.9 Å². The van der Waals surface area contributed by atoms with E-state index in [0.717, 1.165) is 204 Å². The van der Waals surface area contributed by atoms with Crippen molar-refractivity contribution in [3.05, 3.63) is 297 Å². The van der Waals surface area contributed by atoms with Gasteiger partial charge in [-0.3, -0.25) is 24.0 Å². The minimum Gasteiger partial charge on any atom is -0.497 e. The molecule has 0 atom stereocenters. The molecule has 0 aliphatic heterocycles. The summed E-state index contributed by atoms with van der Waals surface area (Å²) in [6.07, 6.45) is 30.9. The topological polar surface area (TPSA) is 264 Å². The largest absolute Gasteiger partial charge is 0.497 e. The normalized spacial score (nSPS) is 13.2. The first-order valence-electron chi connectivity index (χ1n) is 52.5. The molecule has 0 unspecified atom stereocenters. The van der Waals surface area contributed by atoms with E-state index >= 15 is 0 Å². The van der Waals surface area contributed by atoms with E-state index in [1.165, 1.54) is 68.9 Å². The number of halogens is 4. The Morgan fingerprint density at radius 3 is 1.28 bits per heavy atom. The Morgan fingerprint density at radius 1 is 0.415 bits per heavy atom. The van der Waals surface area contributed by atoms with Gasteiger partial charge in [-0.05, 0) is 264 Å². The molecule has 0 N–H and O–H groups in total. The van der Waals surface area contributed by atoms with E-state index in [1.54, 1.807) is 66.0 Å². The molecule has 26 nitrogen and oxygen atoms in total. The van der Waals surface area contributed by atoms with Gasteiger partial charge in [-0.15, -0.1) is 0 Å². The monoisotopic (exact) mass is 2030 g/mol. The number of carbonyl (C=O) groups excluding carboxylic acids is 5. The molecular formula is C117H142Cl2F2N20O6. The number of hydrogen-bond donors (Lipinski definition) is 0. The average Bonchev–Trinajstić information content (AvgIpc) is 1.58. The Labute approximate surface area is 872 Å². The van der Waals surface area contributed by atoms with Crippen molar-refractivity contribution in [2.24, 2.45) is 29.6 Å². The van der Waals surface area contributed by atoms with Crippen LogP contribution >= 0.6 is 23.2 Å². The van der Waals surface area contributed by atoms with Gasteiger partial charge < -0.3 is 52.1 Å². The smallest absolute Gasteiger partial charge is 0.254 e. The number of benzene rings is 5. The number of carbonyl (C=O) groups is 5. The Kier molecular flexibility index (Phi) is 39.6. The summed E-state index contributed by atoms with van der Waals surface area (Å²) in [5.41, 5.74) is 12.9. The van der Waals surface area contributed by atoms with Gasteiger partial charge in [-0.25, -0.2) is 58.6 Å². The second-order valence-corrected chi connectivity index (χ2v) is 41.1. The van der Waals surface area contributed by atoms with Crippen LogP contribution in [-0.4, -0.2) is 167 Å². The number of unbranched alkanes of at least 4 members (excludes halogenated alkanes) is 1. The van der Waals surface area contributed by atoms with Crippen LogP contribution in [0.15, 0.2) is 213 Å². The van der Waals surface area contributed by atoms with Crippen molar-refractivity contribution >= 4 is 115 Å². The van der Waals surface area contributed by atoms with Gasteiger partial charge in [0.05, 0.1) is 44.9 Å². The van der Waals surface area contributed by atoms with Crippen LogP contribution in [0, 0.1) is 48.1 Å². The van der Waals surface area contributed by atoms with E-state index in [1.807, 2.05) is 161 Å². The molecule has 10 aromatic heterocycles. The van der Waals surface area contributed by atoms with E-state index in [2.05, 4.69) is 124 Å². The summed E-state index contributed by atoms with van der Waals surface area (Å²) in [5.74, 6) is 6.46. The van der Waals surface area contributed by atoms with Gasteiger partial charge >= 0.3 is 0 Å². The van der Waals surface area contributed by atoms with Crippen LogP contribution in [0.1, 0.15) is 279 Å². The highest BCUT2D eigenvalue weighted by Crippen LogP contribution is 2.38. The third-order valence-electron chi connectivity index (χ3n) is 26.9. The molecule has 774 valence electrons. The maximum atomic E-state index is 13.7. The summed E-state index contributed by atoms with van der Waals surface area (Å²) in [5, 5.41) is 0.580. The first-order chi connectivity index (χ1) is 71.1. The Morgan fingerprint density at radius 2 is 0.830 bits per heavy atom. The Bertz CT molecular complexity index is 6930. The number of methoxy groups -OCH3 is 1. The molecule has 5 aromatic carbocycles. The van der Waals surface area contributed by atoms with Crippen LogP contribution in [0.4, 0.5) is 8.78 Å². The van der Waals surface area contributed by atoms with Crippen molar-refractivity contribution < 1.29 is 37.5 Å². The molecule has 10 heterocycles. The van der Waals surface area contributed by atoms with Crippen molar-refractivity contribution in [1.29, 1.82) is 0 Å². The first-order valence-corrected chi connectivity index (χ1v) is 53.2. The van der Waals surface area contributed by atoms with Crippen LogP contribution < -0.4 is 4.74 Å². The molecule has 3 fully saturated rings. The third kappa shape index (κ3) is 29.3. The summed E-state index contributed by atoms with van der Waals surface area (Å²) >= 11 is 12.1. The molecule has 3 aliphatic rings. The number of aromatic nitrogens is 15. The minimum absolute atomic E-state index is 0.0105. The van der Waals surface area contributed by atoms with Crippen LogP contribution in [0.2, 0.25) is 10.0 Å². The summed E-state index contributed by atoms with van der Waals surface area (Å²) < 4.78 is 43.4. The average molecular weight is 2030 g/mol. The van der Waals surface area contributed by atoms with Crippen LogP contribution in [-0.2, 0) is 57.2 Å². The van der Waals surface area contributed by atoms with Crippen molar-refractivity contribution in [1.82, 2.24) is 97.2 Å². The predicted octanol–water partition coefficient (Wildman–Crippen LogP) is 25.7. The lowest BCUT2D eigenvalue weighted by Gasteiger charge is -2.25. The lowest BCUT2D eigenvalue weighted by Crippen LogP contribution is -2.34. The van der Waals surface area contributed by atoms with Gasteiger partial charge in [0.15, 0.2) is 28.2 Å². The second-order valence-electron chi connectivity index (χ2n) is 40.3. The fraction of sp³-hybridized carbons (Fsp3) is 0.427. The number of rotatable bonds is 39. The van der Waals surface area contributed by atoms with Crippen molar-refractivity contribution in [3.63, 3.8) is 0 Å². The maximum Gasteiger partial charge on any atom is 0.254 e. The molecule has 3 aliphatic carbocycles. The highest BCUT2D eigenvalue weighted by atomic mass is 35.5. The standard InChI is InChI=1S/C25H32N4O.C24H27ClN4O.C23H27FN4O.C23H30N4O2.C22H26ClFN4O/c1-18(2)14-16-28(25(30)21-12-7-4-9-19(21)3)17-23-27-22-13-8-15-26-24(22)29(23)20-10-5-6-11-20;1-17(2)14-28(23(30)12-11-19-6-3-4-7-20(19)25)16-22-27-21-8-5-13-26-24(21)29(22)15-18-9-10-18;1-2-3-14-27(23(29)17-8-6-9-18(24)15-17)16-21-26-20-12-7-13-25-22(20)28(21)19-10-4-5-11-19;1-5-14-27-21(25-20-7-6-13-24-22(20)27)16-26(15-12-17(2)3)23(28)18-8-10-19(29-4)11-9-18;1-4-11-28-20(26-19-6-5-10-25-21(19)28)14-27(12-9-15(2)3)22(29)16-7-8-18(24)17(23)13-16/h4,7-9,12-13,15,18,20H,5-6,10-11,14,16-17H2,1-3H3;3-8,11-13,17-18H,9-10,14-16H2,1-2H3;6-9,12-13,15,19H,2-5,10-11,14,16H2,1H3;6-11,13,17H,5,12,14-16H2,1-4H3;5-8,10,13,15H,4,9,11-12,14H2,1-3H3/b;12-11+;;;. The molecule has 15 aromatic rings. The van der Waals surface area contributed by atoms with Crippen molar-refractivity contribution in [3.8, 4) is 5.75 Å². The molecule has 30 heteroatoms. The van der Waals surface area contributed by atoms with Gasteiger partial charge in [0.2, 0.25) is 5.91 Å². The zero-order chi connectivity index (χ0) is 104. The van der Waals surface area contributed by atoms with E-state index < -0.39 is 11.6 Å². The first kappa shape index (κ1) is 109. The molecule has 0 bridgehead atoms. The number of imidazole rings is 5. The Balaban J connectivity index is 0.000000145. The highest BCUT2D eigenvalue weighted by Gasteiger charge is 2.33. The lowest BCUT2D eigenvalue weighted by molar-refractivity contribution is -0.127. The number of aryl methyl sites for hydroxylation is 3. The third-order valence-corrected chi connectivity index (χ3v) is 27.5. The maximum absolute atomic E-state index is 13.7. The van der Waals surface area contributed by atoms with Gasteiger partial charge in [-0.2, -0.15) is 0 Å². The zero-order valence-electron chi connectivity index (χ0n) is 87.4. The summed E-state index contributed by atoms with van der Waals surface area (Å²) in [6.45, 7) is 33.6. The zero-order valence-corrected chi connectivity index (χ0v) is 89.0. The van der Waals surface area contributed by atoms with Gasteiger partial charge in [0.25, 0.3) is 23.6 Å². The van der Waals surface area contributed by atoms with Gasteiger partial charge in [0.1, 0.15) is 74.1 Å². The highest BCUT2D eigenvalue weighted by molar-refractivity contribution is 6.32. The molecule has 0 spiro atoms. The molecule has 3 saturated carbocycles. The molecular weight excluding hydrogens is 1890 g/mol. The summed E-state index contributed by atoms with van der Waals surface area (Å²) in [6, 6.07) is 52.9. The molecule has 0 saturated heterocycles. The fourth-order valence-corrected chi connectivity index (χ4v) is 19.2. The SMILES string of the molecule is CC(C)CN(Cc1nc2cccnc2n1CC1CC1)C(=O)/C=C/c1ccccc1Cl.CCCCN(Cc1nc2cccnc2n1C1CCCC1)C(=O)c1cccc(F)c1.CCCn1c(CN(CCC(C)C)C(=O)c2ccc(F)c(Cl)c2)nc2cccnc21.CCCn1c(CN(CCC(C)C)C(=O)c2ccc(OC)cc2)nc2cccnc21.Cc1ccccc1C(=O)N(CCC(C)C)Cc1nc2cccnc2n1C1CCCC1. The lowest BCUT2D eigenvalue weighted by atomic mass is 10.1. The number of nitrogens with zero attached hydrogens (tertiary/aromatic N) is 20. The fourth-order valence-electron chi connectivity index (χ4n) is 18.8. The number of hydrogen-bond acceptors (Lipinski definition) is 16. The molecule has 0 radical (unpaired) electrons. The second kappa shape index (κ2) is 53.2. The summed E-state index contributed by atoms with van der Waals surface area (Å²) in [7, 11) is 1.62. The number of pyridine rings is 5. The molecule has 5 amide bonds. The number of amides is 5. The van der Waals surface area contributed by atoms with Crippen LogP contribution in [0.5, 0.6) is 5.75 Å². The van der Waals surface area contributed by atoms with E-state index in [4.69, 9.17) is 52.9 Å². The molecule has 18 rings (SSSR count). The van der Waals surface area contributed by atoms with Gasteiger partial charge in [0, 0.05) is 129 Å². The quantitative estimate of drug-likeness (QED) is 0.0324. The van der Waals surface area contributed by atoms with E-state index in [0.29, 0.717) is 122 Å². The minimum atomic E-state index is -0.534. The van der Waals surface area contributed by atoms with Crippen molar-refractivity contribution in [2.45, 2.75) is 257 Å². The van der Waals surface area contributed by atoms with Crippen LogP contribution in [0.3, 0.4) is 0 Å².